The van der Waals surface area contributed by atoms with Crippen LogP contribution in [-0.2, 0) is 6.54 Å². The highest BCUT2D eigenvalue weighted by molar-refractivity contribution is 5.84. The molecule has 1 saturated heterocycles. The van der Waals surface area contributed by atoms with E-state index < -0.39 is 5.97 Å². The number of nitrogens with one attached hydrogen (secondary N) is 1. The van der Waals surface area contributed by atoms with Gasteiger partial charge in [-0.3, -0.25) is 0 Å². The number of furan rings is 1. The first-order valence-corrected chi connectivity index (χ1v) is 6.22. The van der Waals surface area contributed by atoms with E-state index in [1.165, 1.54) is 6.07 Å². The molecule has 104 valence electrons. The number of rotatable bonds is 3. The van der Waals surface area contributed by atoms with Gasteiger partial charge in [-0.15, -0.1) is 0 Å². The van der Waals surface area contributed by atoms with Gasteiger partial charge in [0.15, 0.2) is 0 Å². The van der Waals surface area contributed by atoms with Crippen molar-refractivity contribution in [2.24, 2.45) is 5.41 Å². The number of aromatic carboxylic acids is 1. The highest BCUT2D eigenvalue weighted by Gasteiger charge is 2.31. The standard InChI is InChI=1S/C13H18N2O4/c1-13(2)5-6-15(8-13)12(18)14-7-9-3-4-10(19-9)11(16)17/h3-4H,5-8H2,1-2H3,(H,14,18)(H,16,17). The Morgan fingerprint density at radius 2 is 2.21 bits per heavy atom. The number of carboxylic acid groups (broad SMARTS) is 1. The SMILES string of the molecule is CC1(C)CCN(C(=O)NCc2ccc(C(=O)O)o2)C1. The average molecular weight is 266 g/mol. The molecule has 2 N–H and O–H groups in total. The summed E-state index contributed by atoms with van der Waals surface area (Å²) in [6.07, 6.45) is 0.990. The van der Waals surface area contributed by atoms with Crippen molar-refractivity contribution in [1.29, 1.82) is 0 Å². The summed E-state index contributed by atoms with van der Waals surface area (Å²) < 4.78 is 5.07. The summed E-state index contributed by atoms with van der Waals surface area (Å²) >= 11 is 0. The quantitative estimate of drug-likeness (QED) is 0.875. The fourth-order valence-electron chi connectivity index (χ4n) is 2.15. The van der Waals surface area contributed by atoms with Gasteiger partial charge in [0.25, 0.3) is 0 Å². The number of carboxylic acids is 1. The summed E-state index contributed by atoms with van der Waals surface area (Å²) in [6.45, 7) is 5.94. The van der Waals surface area contributed by atoms with Crippen LogP contribution in [0.3, 0.4) is 0 Å². The third-order valence-corrected chi connectivity index (χ3v) is 3.25. The van der Waals surface area contributed by atoms with Crippen LogP contribution in [0.1, 0.15) is 36.6 Å². The van der Waals surface area contributed by atoms with Gasteiger partial charge in [0.05, 0.1) is 6.54 Å². The van der Waals surface area contributed by atoms with E-state index in [1.54, 1.807) is 11.0 Å². The normalized spacial score (nSPS) is 17.5. The first-order valence-electron chi connectivity index (χ1n) is 6.22. The maximum absolute atomic E-state index is 11.9. The molecule has 0 atom stereocenters. The molecule has 0 aromatic carbocycles. The molecular formula is C13H18N2O4. The Kier molecular flexibility index (Phi) is 3.50. The average Bonchev–Trinajstić information content (AvgIpc) is 2.92. The zero-order valence-electron chi connectivity index (χ0n) is 11.1. The highest BCUT2D eigenvalue weighted by Crippen LogP contribution is 2.28. The Labute approximate surface area is 111 Å². The molecule has 0 bridgehead atoms. The zero-order valence-corrected chi connectivity index (χ0v) is 11.1. The first-order chi connectivity index (χ1) is 8.87. The Morgan fingerprint density at radius 1 is 1.47 bits per heavy atom. The fourth-order valence-corrected chi connectivity index (χ4v) is 2.15. The van der Waals surface area contributed by atoms with E-state index in [-0.39, 0.29) is 23.8 Å². The van der Waals surface area contributed by atoms with Crippen molar-refractivity contribution in [3.63, 3.8) is 0 Å². The van der Waals surface area contributed by atoms with Gasteiger partial charge in [0.2, 0.25) is 5.76 Å². The monoisotopic (exact) mass is 266 g/mol. The van der Waals surface area contributed by atoms with E-state index >= 15 is 0 Å². The van der Waals surface area contributed by atoms with Crippen LogP contribution in [0, 0.1) is 5.41 Å². The Hall–Kier alpha value is -1.98. The van der Waals surface area contributed by atoms with E-state index in [0.29, 0.717) is 5.76 Å². The van der Waals surface area contributed by atoms with Crippen LogP contribution in [0.15, 0.2) is 16.5 Å². The third kappa shape index (κ3) is 3.27. The van der Waals surface area contributed by atoms with Crippen LogP contribution in [0.2, 0.25) is 0 Å². The number of hydrogen-bond acceptors (Lipinski definition) is 3. The number of amides is 2. The van der Waals surface area contributed by atoms with E-state index in [1.807, 2.05) is 0 Å². The van der Waals surface area contributed by atoms with E-state index in [4.69, 9.17) is 9.52 Å². The lowest BCUT2D eigenvalue weighted by molar-refractivity contribution is 0.0660. The molecule has 6 heteroatoms. The lowest BCUT2D eigenvalue weighted by Gasteiger charge is -2.19. The van der Waals surface area contributed by atoms with Crippen LogP contribution in [0.5, 0.6) is 0 Å². The second-order valence-electron chi connectivity index (χ2n) is 5.57. The highest BCUT2D eigenvalue weighted by atomic mass is 16.4. The van der Waals surface area contributed by atoms with Gasteiger partial charge in [-0.25, -0.2) is 9.59 Å². The molecule has 0 radical (unpaired) electrons. The molecule has 1 fully saturated rings. The number of carbonyl (C=O) groups excluding carboxylic acids is 1. The summed E-state index contributed by atoms with van der Waals surface area (Å²) in [4.78, 5) is 24.3. The maximum atomic E-state index is 11.9. The molecule has 0 saturated carbocycles. The maximum Gasteiger partial charge on any atom is 0.371 e. The summed E-state index contributed by atoms with van der Waals surface area (Å²) in [5.41, 5.74) is 0.165. The fraction of sp³-hybridized carbons (Fsp3) is 0.538. The molecule has 1 aliphatic heterocycles. The molecule has 1 aromatic rings. The van der Waals surface area contributed by atoms with Gasteiger partial charge >= 0.3 is 12.0 Å². The molecular weight excluding hydrogens is 248 g/mol. The van der Waals surface area contributed by atoms with Gasteiger partial charge in [0, 0.05) is 13.1 Å². The molecule has 2 rings (SSSR count). The Morgan fingerprint density at radius 3 is 2.74 bits per heavy atom. The second kappa shape index (κ2) is 4.95. The molecule has 2 amide bonds. The molecule has 19 heavy (non-hydrogen) atoms. The zero-order chi connectivity index (χ0) is 14.0. The largest absolute Gasteiger partial charge is 0.475 e. The minimum absolute atomic E-state index is 0.119. The first kappa shape index (κ1) is 13.5. The third-order valence-electron chi connectivity index (χ3n) is 3.25. The number of carbonyl (C=O) groups is 2. The molecule has 0 unspecified atom stereocenters. The van der Waals surface area contributed by atoms with Gasteiger partial charge in [0.1, 0.15) is 5.76 Å². The van der Waals surface area contributed by atoms with E-state index in [2.05, 4.69) is 19.2 Å². The topological polar surface area (TPSA) is 82.8 Å². The summed E-state index contributed by atoms with van der Waals surface area (Å²) in [5.74, 6) is -0.797. The summed E-state index contributed by atoms with van der Waals surface area (Å²) in [5, 5.41) is 11.4. The van der Waals surface area contributed by atoms with Crippen LogP contribution in [-0.4, -0.2) is 35.1 Å². The van der Waals surface area contributed by atoms with Gasteiger partial charge in [-0.05, 0) is 24.0 Å². The molecule has 1 aliphatic rings. The van der Waals surface area contributed by atoms with Crippen molar-refractivity contribution in [3.8, 4) is 0 Å². The van der Waals surface area contributed by atoms with Gasteiger partial charge in [-0.1, -0.05) is 13.8 Å². The van der Waals surface area contributed by atoms with Crippen LogP contribution in [0.25, 0.3) is 0 Å². The van der Waals surface area contributed by atoms with Crippen LogP contribution < -0.4 is 5.32 Å². The van der Waals surface area contributed by atoms with Crippen molar-refractivity contribution >= 4 is 12.0 Å². The predicted molar refractivity (Wildman–Crippen MR) is 67.9 cm³/mol. The Bertz CT molecular complexity index is 493. The van der Waals surface area contributed by atoms with Crippen molar-refractivity contribution in [2.45, 2.75) is 26.8 Å². The number of hydrogen-bond donors (Lipinski definition) is 2. The van der Waals surface area contributed by atoms with E-state index in [0.717, 1.165) is 19.5 Å². The second-order valence-corrected chi connectivity index (χ2v) is 5.57. The van der Waals surface area contributed by atoms with Crippen molar-refractivity contribution in [1.82, 2.24) is 10.2 Å². The smallest absolute Gasteiger partial charge is 0.371 e. The minimum atomic E-state index is -1.11. The van der Waals surface area contributed by atoms with Gasteiger partial charge in [-0.2, -0.15) is 0 Å². The van der Waals surface area contributed by atoms with E-state index in [9.17, 15) is 9.59 Å². The number of likely N-dealkylation sites (tertiary alicyclic amines) is 1. The van der Waals surface area contributed by atoms with Crippen LogP contribution >= 0.6 is 0 Å². The lowest BCUT2D eigenvalue weighted by Crippen LogP contribution is -2.38. The molecule has 0 aliphatic carbocycles. The molecule has 6 nitrogen and oxygen atoms in total. The van der Waals surface area contributed by atoms with Crippen LogP contribution in [0.4, 0.5) is 4.79 Å². The predicted octanol–water partition coefficient (Wildman–Crippen LogP) is 1.92. The van der Waals surface area contributed by atoms with Crippen molar-refractivity contribution < 1.29 is 19.1 Å². The number of nitrogens with zero attached hydrogens (tertiary/aromatic N) is 1. The van der Waals surface area contributed by atoms with Gasteiger partial charge < -0.3 is 19.7 Å². The molecule has 2 heterocycles. The molecule has 1 aromatic heterocycles. The lowest BCUT2D eigenvalue weighted by atomic mass is 9.93. The minimum Gasteiger partial charge on any atom is -0.475 e. The van der Waals surface area contributed by atoms with Crippen molar-refractivity contribution in [2.75, 3.05) is 13.1 Å². The number of urea groups is 1. The summed E-state index contributed by atoms with van der Waals surface area (Å²) in [7, 11) is 0. The molecule has 0 spiro atoms. The van der Waals surface area contributed by atoms with Crippen molar-refractivity contribution in [3.05, 3.63) is 23.7 Å². The summed E-state index contributed by atoms with van der Waals surface area (Å²) in [6, 6.07) is 2.79. The Balaban J connectivity index is 1.85.